The predicted octanol–water partition coefficient (Wildman–Crippen LogP) is 2.39. The molecule has 1 N–H and O–H groups in total. The van der Waals surface area contributed by atoms with Crippen molar-refractivity contribution in [3.8, 4) is 0 Å². The zero-order valence-electron chi connectivity index (χ0n) is 12.7. The molecule has 2 rings (SSSR count). The minimum atomic E-state index is 0.0252. The topological polar surface area (TPSA) is 41.6 Å². The Labute approximate surface area is 131 Å². The monoisotopic (exact) mass is 308 g/mol. The van der Waals surface area contributed by atoms with E-state index in [0.717, 1.165) is 6.42 Å². The quantitative estimate of drug-likeness (QED) is 0.908. The smallest absolute Gasteiger partial charge is 0.317 e. The summed E-state index contributed by atoms with van der Waals surface area (Å²) in [5, 5.41) is 3.44. The van der Waals surface area contributed by atoms with Crippen molar-refractivity contribution < 1.29 is 9.53 Å². The molecule has 2 atom stereocenters. The van der Waals surface area contributed by atoms with E-state index in [2.05, 4.69) is 30.6 Å². The number of amides is 2. The fourth-order valence-corrected chi connectivity index (χ4v) is 2.58. The van der Waals surface area contributed by atoms with Crippen LogP contribution in [0, 0.1) is 0 Å². The van der Waals surface area contributed by atoms with E-state index in [1.807, 2.05) is 23.1 Å². The first kappa shape index (κ1) is 16.2. The summed E-state index contributed by atoms with van der Waals surface area (Å²) < 4.78 is 5.78. The Morgan fingerprint density at radius 1 is 1.48 bits per heavy atom. The first-order valence-corrected chi connectivity index (χ1v) is 8.69. The van der Waals surface area contributed by atoms with Gasteiger partial charge in [-0.05, 0) is 11.8 Å². The number of nitrogens with zero attached hydrogens (tertiary/aromatic N) is 1. The first-order valence-electron chi connectivity index (χ1n) is 7.40. The Balaban J connectivity index is 1.81. The number of nitrogens with one attached hydrogen (secondary N) is 1. The molecular weight excluding hydrogens is 284 g/mol. The van der Waals surface area contributed by atoms with Crippen molar-refractivity contribution in [3.05, 3.63) is 35.9 Å². The molecule has 1 heterocycles. The van der Waals surface area contributed by atoms with Gasteiger partial charge in [-0.1, -0.05) is 37.3 Å². The second-order valence-electron chi connectivity index (χ2n) is 5.36. The molecule has 1 fully saturated rings. The predicted molar refractivity (Wildman–Crippen MR) is 87.8 cm³/mol. The molecule has 1 aromatic carbocycles. The number of thioether (sulfide) groups is 1. The van der Waals surface area contributed by atoms with Crippen LogP contribution in [-0.2, 0) is 11.2 Å². The summed E-state index contributed by atoms with van der Waals surface area (Å²) in [6, 6.07) is 10.3. The molecule has 0 bridgehead atoms. The van der Waals surface area contributed by atoms with Gasteiger partial charge in [-0.15, -0.1) is 0 Å². The highest BCUT2D eigenvalue weighted by atomic mass is 32.2. The van der Waals surface area contributed by atoms with Crippen LogP contribution >= 0.6 is 11.8 Å². The van der Waals surface area contributed by atoms with E-state index in [0.29, 0.717) is 31.5 Å². The van der Waals surface area contributed by atoms with Crippen LogP contribution in [-0.4, -0.2) is 54.8 Å². The van der Waals surface area contributed by atoms with Crippen molar-refractivity contribution in [2.24, 2.45) is 0 Å². The third kappa shape index (κ3) is 5.25. The fourth-order valence-electron chi connectivity index (χ4n) is 2.33. The number of hydrogen-bond acceptors (Lipinski definition) is 3. The molecule has 4 nitrogen and oxygen atoms in total. The number of morpholine rings is 1. The van der Waals surface area contributed by atoms with Gasteiger partial charge >= 0.3 is 6.03 Å². The SMILES string of the molecule is CSC(C)CNC(=O)N1CCOC(Cc2ccccc2)C1. The normalized spacial score (nSPS) is 20.1. The van der Waals surface area contributed by atoms with Gasteiger partial charge in [0, 0.05) is 31.3 Å². The van der Waals surface area contributed by atoms with Crippen LogP contribution in [0.3, 0.4) is 0 Å². The van der Waals surface area contributed by atoms with Crippen LogP contribution in [0.15, 0.2) is 30.3 Å². The number of ether oxygens (including phenoxy) is 1. The Hall–Kier alpha value is -1.20. The number of carbonyl (C=O) groups is 1. The van der Waals surface area contributed by atoms with E-state index in [4.69, 9.17) is 4.74 Å². The molecule has 1 aliphatic rings. The molecule has 0 radical (unpaired) electrons. The van der Waals surface area contributed by atoms with Crippen molar-refractivity contribution in [1.29, 1.82) is 0 Å². The highest BCUT2D eigenvalue weighted by Crippen LogP contribution is 2.12. The highest BCUT2D eigenvalue weighted by molar-refractivity contribution is 7.99. The van der Waals surface area contributed by atoms with E-state index in [1.54, 1.807) is 11.8 Å². The van der Waals surface area contributed by atoms with Gasteiger partial charge in [0.1, 0.15) is 0 Å². The van der Waals surface area contributed by atoms with Crippen LogP contribution in [0.25, 0.3) is 0 Å². The molecule has 116 valence electrons. The van der Waals surface area contributed by atoms with Gasteiger partial charge in [-0.25, -0.2) is 4.79 Å². The van der Waals surface area contributed by atoms with Gasteiger partial charge < -0.3 is 15.0 Å². The lowest BCUT2D eigenvalue weighted by Crippen LogP contribution is -2.50. The Morgan fingerprint density at radius 2 is 2.24 bits per heavy atom. The molecule has 0 aliphatic carbocycles. The van der Waals surface area contributed by atoms with Gasteiger partial charge in [0.25, 0.3) is 0 Å². The van der Waals surface area contributed by atoms with Crippen molar-refractivity contribution in [2.75, 3.05) is 32.5 Å². The molecule has 1 saturated heterocycles. The lowest BCUT2D eigenvalue weighted by Gasteiger charge is -2.33. The van der Waals surface area contributed by atoms with Crippen LogP contribution in [0.4, 0.5) is 4.79 Å². The minimum Gasteiger partial charge on any atom is -0.374 e. The third-order valence-electron chi connectivity index (χ3n) is 3.68. The fraction of sp³-hybridized carbons (Fsp3) is 0.562. The average molecular weight is 308 g/mol. The summed E-state index contributed by atoms with van der Waals surface area (Å²) in [7, 11) is 0. The number of carbonyl (C=O) groups excluding carboxylic acids is 1. The Bertz CT molecular complexity index is 441. The Kier molecular flexibility index (Phi) is 6.39. The van der Waals surface area contributed by atoms with E-state index in [1.165, 1.54) is 5.56 Å². The van der Waals surface area contributed by atoms with Crippen LogP contribution in [0.5, 0.6) is 0 Å². The molecule has 1 aromatic rings. The molecule has 0 saturated carbocycles. The van der Waals surface area contributed by atoms with Crippen molar-refractivity contribution in [1.82, 2.24) is 10.2 Å². The van der Waals surface area contributed by atoms with Crippen LogP contribution < -0.4 is 5.32 Å². The lowest BCUT2D eigenvalue weighted by atomic mass is 10.1. The van der Waals surface area contributed by atoms with Gasteiger partial charge in [0.15, 0.2) is 0 Å². The zero-order chi connectivity index (χ0) is 15.1. The molecule has 2 amide bonds. The second-order valence-corrected chi connectivity index (χ2v) is 6.64. The molecule has 0 aromatic heterocycles. The number of hydrogen-bond donors (Lipinski definition) is 1. The van der Waals surface area contributed by atoms with Gasteiger partial charge in [0.05, 0.1) is 12.7 Å². The van der Waals surface area contributed by atoms with E-state index in [9.17, 15) is 4.79 Å². The highest BCUT2D eigenvalue weighted by Gasteiger charge is 2.24. The van der Waals surface area contributed by atoms with Gasteiger partial charge in [-0.2, -0.15) is 11.8 Å². The number of rotatable bonds is 5. The molecule has 21 heavy (non-hydrogen) atoms. The molecule has 1 aliphatic heterocycles. The van der Waals surface area contributed by atoms with Crippen LogP contribution in [0.1, 0.15) is 12.5 Å². The number of benzene rings is 1. The van der Waals surface area contributed by atoms with Gasteiger partial charge in [-0.3, -0.25) is 0 Å². The van der Waals surface area contributed by atoms with E-state index < -0.39 is 0 Å². The van der Waals surface area contributed by atoms with E-state index in [-0.39, 0.29) is 12.1 Å². The summed E-state index contributed by atoms with van der Waals surface area (Å²) >= 11 is 1.76. The first-order chi connectivity index (χ1) is 10.2. The summed E-state index contributed by atoms with van der Waals surface area (Å²) in [4.78, 5) is 14.0. The van der Waals surface area contributed by atoms with E-state index >= 15 is 0 Å². The van der Waals surface area contributed by atoms with Gasteiger partial charge in [0.2, 0.25) is 0 Å². The van der Waals surface area contributed by atoms with Crippen molar-refractivity contribution in [3.63, 3.8) is 0 Å². The maximum atomic E-state index is 12.2. The average Bonchev–Trinajstić information content (AvgIpc) is 2.53. The Morgan fingerprint density at radius 3 is 2.95 bits per heavy atom. The molecule has 0 spiro atoms. The maximum absolute atomic E-state index is 12.2. The second kappa shape index (κ2) is 8.29. The summed E-state index contributed by atoms with van der Waals surface area (Å²) in [6.07, 6.45) is 3.00. The van der Waals surface area contributed by atoms with Crippen molar-refractivity contribution >= 4 is 17.8 Å². The summed E-state index contributed by atoms with van der Waals surface area (Å²) in [6.45, 7) is 4.77. The summed E-state index contributed by atoms with van der Waals surface area (Å²) in [5.74, 6) is 0. The van der Waals surface area contributed by atoms with Crippen LogP contribution in [0.2, 0.25) is 0 Å². The third-order valence-corrected chi connectivity index (χ3v) is 4.65. The number of urea groups is 1. The molecule has 5 heteroatoms. The molecule has 2 unspecified atom stereocenters. The maximum Gasteiger partial charge on any atom is 0.317 e. The summed E-state index contributed by atoms with van der Waals surface area (Å²) in [5.41, 5.74) is 1.25. The zero-order valence-corrected chi connectivity index (χ0v) is 13.6. The standard InChI is InChI=1S/C16H24N2O2S/c1-13(21-2)11-17-16(19)18-8-9-20-15(12-18)10-14-6-4-3-5-7-14/h3-7,13,15H,8-12H2,1-2H3,(H,17,19). The lowest BCUT2D eigenvalue weighted by molar-refractivity contribution is -0.0132. The molecular formula is C16H24N2O2S. The largest absolute Gasteiger partial charge is 0.374 e. The minimum absolute atomic E-state index is 0.0252. The van der Waals surface area contributed by atoms with Crippen molar-refractivity contribution in [2.45, 2.75) is 24.7 Å².